The molecule has 0 atom stereocenters. The minimum absolute atomic E-state index is 0.0238. The number of carbonyl (C=O) groups excluding carboxylic acids is 1. The van der Waals surface area contributed by atoms with Gasteiger partial charge in [-0.25, -0.2) is 17.8 Å². The fourth-order valence-electron chi connectivity index (χ4n) is 3.45. The van der Waals surface area contributed by atoms with Crippen molar-refractivity contribution in [3.63, 3.8) is 0 Å². The molecule has 2 N–H and O–H groups in total. The first-order valence-electron chi connectivity index (χ1n) is 10.3. The van der Waals surface area contributed by atoms with Gasteiger partial charge in [-0.3, -0.25) is 14.8 Å². The van der Waals surface area contributed by atoms with E-state index in [1.54, 1.807) is 18.2 Å². The molecule has 0 saturated heterocycles. The first-order valence-corrected chi connectivity index (χ1v) is 12.2. The van der Waals surface area contributed by atoms with Gasteiger partial charge in [0, 0.05) is 29.6 Å². The van der Waals surface area contributed by atoms with Crippen LogP contribution in [0, 0.1) is 12.7 Å². The van der Waals surface area contributed by atoms with Crippen LogP contribution in [0.2, 0.25) is 0 Å². The molecular weight excluding hydrogens is 457 g/mol. The highest BCUT2D eigenvalue weighted by atomic mass is 32.2. The van der Waals surface area contributed by atoms with Crippen molar-refractivity contribution in [1.29, 1.82) is 0 Å². The zero-order chi connectivity index (χ0) is 24.5. The third-order valence-electron chi connectivity index (χ3n) is 5.33. The van der Waals surface area contributed by atoms with Gasteiger partial charge in [-0.15, -0.1) is 0 Å². The van der Waals surface area contributed by atoms with E-state index in [9.17, 15) is 17.6 Å². The van der Waals surface area contributed by atoms with E-state index in [0.717, 1.165) is 17.2 Å². The van der Waals surface area contributed by atoms with Gasteiger partial charge in [0.1, 0.15) is 11.6 Å². The second-order valence-electron chi connectivity index (χ2n) is 7.95. The molecule has 1 amide bonds. The Morgan fingerprint density at radius 3 is 2.56 bits per heavy atom. The summed E-state index contributed by atoms with van der Waals surface area (Å²) >= 11 is 0. The number of amides is 1. The van der Waals surface area contributed by atoms with E-state index in [1.165, 1.54) is 41.6 Å². The van der Waals surface area contributed by atoms with Crippen molar-refractivity contribution in [1.82, 2.24) is 19.9 Å². The number of nitrogens with zero attached hydrogens (tertiary/aromatic N) is 4. The maximum atomic E-state index is 14.3. The second-order valence-corrected chi connectivity index (χ2v) is 9.96. The predicted molar refractivity (Wildman–Crippen MR) is 126 cm³/mol. The van der Waals surface area contributed by atoms with E-state index in [1.807, 2.05) is 13.0 Å². The molecule has 0 spiro atoms. The Bertz CT molecular complexity index is 1490. The molecule has 0 unspecified atom stereocenters. The van der Waals surface area contributed by atoms with Crippen LogP contribution in [0.4, 0.5) is 10.2 Å². The number of aromatic nitrogens is 3. The summed E-state index contributed by atoms with van der Waals surface area (Å²) in [6.45, 7) is 1.76. The smallest absolute Gasteiger partial charge is 0.254 e. The molecule has 8 nitrogen and oxygen atoms in total. The number of rotatable bonds is 6. The lowest BCUT2D eigenvalue weighted by atomic mass is 10.1. The van der Waals surface area contributed by atoms with Gasteiger partial charge in [0.2, 0.25) is 0 Å². The normalized spacial score (nSPS) is 11.5. The summed E-state index contributed by atoms with van der Waals surface area (Å²) in [6.07, 6.45) is 3.78. The molecule has 0 fully saturated rings. The molecule has 174 valence electrons. The number of nitrogens with two attached hydrogens (primary N) is 1. The predicted octanol–water partition coefficient (Wildman–Crippen LogP) is 3.30. The number of halogens is 1. The lowest BCUT2D eigenvalue weighted by Gasteiger charge is -2.23. The summed E-state index contributed by atoms with van der Waals surface area (Å²) < 4.78 is 37.8. The zero-order valence-corrected chi connectivity index (χ0v) is 19.4. The van der Waals surface area contributed by atoms with Crippen molar-refractivity contribution in [2.75, 3.05) is 12.0 Å². The summed E-state index contributed by atoms with van der Waals surface area (Å²) in [5.41, 5.74) is 8.26. The summed E-state index contributed by atoms with van der Waals surface area (Å²) in [7, 11) is -3.41. The molecule has 4 aromatic rings. The van der Waals surface area contributed by atoms with Crippen LogP contribution < -0.4 is 5.73 Å². The Hall–Kier alpha value is -3.92. The Kier molecular flexibility index (Phi) is 6.25. The number of nitrogen functional groups attached to an aromatic ring is 1. The van der Waals surface area contributed by atoms with Crippen LogP contribution in [0.15, 0.2) is 65.8 Å². The van der Waals surface area contributed by atoms with Crippen molar-refractivity contribution < 1.29 is 17.6 Å². The number of anilines is 1. The summed E-state index contributed by atoms with van der Waals surface area (Å²) in [4.78, 5) is 27.5. The molecule has 0 saturated carbocycles. The van der Waals surface area contributed by atoms with Gasteiger partial charge in [0.05, 0.1) is 34.9 Å². The molecule has 0 bridgehead atoms. The van der Waals surface area contributed by atoms with Crippen LogP contribution >= 0.6 is 0 Å². The van der Waals surface area contributed by atoms with Gasteiger partial charge < -0.3 is 10.6 Å². The standard InChI is InChI=1S/C24H22FN5O3S/c1-15-10-17-11-16(5-8-21(17)29-23(15)26)24(31)30(14-22-20(25)4-3-9-27-22)13-18-6-7-19(12-28-18)34(2,32)33/h3-12H,13-14H2,1-2H3,(H2,26,29). The van der Waals surface area contributed by atoms with E-state index in [2.05, 4.69) is 15.0 Å². The van der Waals surface area contributed by atoms with Crippen LogP contribution in [0.25, 0.3) is 10.9 Å². The van der Waals surface area contributed by atoms with Crippen LogP contribution in [0.5, 0.6) is 0 Å². The molecule has 0 aliphatic carbocycles. The molecule has 0 aliphatic rings. The fraction of sp³-hybridized carbons (Fsp3) is 0.167. The van der Waals surface area contributed by atoms with Crippen LogP contribution in [-0.4, -0.2) is 40.4 Å². The van der Waals surface area contributed by atoms with Crippen molar-refractivity contribution in [3.05, 3.63) is 89.3 Å². The largest absolute Gasteiger partial charge is 0.383 e. The minimum Gasteiger partial charge on any atom is -0.383 e. The highest BCUT2D eigenvalue weighted by Gasteiger charge is 2.20. The van der Waals surface area contributed by atoms with Crippen molar-refractivity contribution in [3.8, 4) is 0 Å². The van der Waals surface area contributed by atoms with Gasteiger partial charge in [0.15, 0.2) is 9.84 Å². The van der Waals surface area contributed by atoms with Crippen molar-refractivity contribution >= 4 is 32.5 Å². The quantitative estimate of drug-likeness (QED) is 0.451. The number of hydrogen-bond donors (Lipinski definition) is 1. The van der Waals surface area contributed by atoms with Crippen molar-refractivity contribution in [2.24, 2.45) is 0 Å². The highest BCUT2D eigenvalue weighted by Crippen LogP contribution is 2.22. The number of benzene rings is 1. The van der Waals surface area contributed by atoms with Gasteiger partial charge in [0.25, 0.3) is 5.91 Å². The van der Waals surface area contributed by atoms with E-state index in [-0.39, 0.29) is 29.6 Å². The van der Waals surface area contributed by atoms with Gasteiger partial charge >= 0.3 is 0 Å². The number of carbonyl (C=O) groups is 1. The third-order valence-corrected chi connectivity index (χ3v) is 6.43. The molecule has 3 heterocycles. The van der Waals surface area contributed by atoms with E-state index >= 15 is 0 Å². The molecule has 0 radical (unpaired) electrons. The summed E-state index contributed by atoms with van der Waals surface area (Å²) in [5.74, 6) is -0.479. The van der Waals surface area contributed by atoms with Gasteiger partial charge in [-0.2, -0.15) is 0 Å². The molecular formula is C24H22FN5O3S. The first-order chi connectivity index (χ1) is 16.1. The molecule has 3 aromatic heterocycles. The van der Waals surface area contributed by atoms with Crippen molar-refractivity contribution in [2.45, 2.75) is 24.9 Å². The van der Waals surface area contributed by atoms with Crippen LogP contribution in [0.3, 0.4) is 0 Å². The molecule has 4 rings (SSSR count). The van der Waals surface area contributed by atoms with E-state index in [0.29, 0.717) is 22.6 Å². The Morgan fingerprint density at radius 2 is 1.88 bits per heavy atom. The second kappa shape index (κ2) is 9.14. The van der Waals surface area contributed by atoms with Crippen LogP contribution in [-0.2, 0) is 22.9 Å². The number of pyridine rings is 3. The summed E-state index contributed by atoms with van der Waals surface area (Å²) in [6, 6.07) is 12.6. The maximum absolute atomic E-state index is 14.3. The third kappa shape index (κ3) is 5.01. The van der Waals surface area contributed by atoms with Gasteiger partial charge in [-0.05, 0) is 61.0 Å². The zero-order valence-electron chi connectivity index (χ0n) is 18.6. The summed E-state index contributed by atoms with van der Waals surface area (Å²) in [5, 5.41) is 0.747. The lowest BCUT2D eigenvalue weighted by Crippen LogP contribution is -2.31. The SMILES string of the molecule is Cc1cc2cc(C(=O)N(Cc3ccc(S(C)(=O)=O)cn3)Cc3ncccc3F)ccc2nc1N. The number of sulfone groups is 1. The fourth-order valence-corrected chi connectivity index (χ4v) is 4.01. The van der Waals surface area contributed by atoms with Gasteiger partial charge in [-0.1, -0.05) is 0 Å². The number of aryl methyl sites for hydroxylation is 1. The molecule has 0 aliphatic heterocycles. The molecule has 34 heavy (non-hydrogen) atoms. The monoisotopic (exact) mass is 479 g/mol. The average molecular weight is 480 g/mol. The maximum Gasteiger partial charge on any atom is 0.254 e. The Morgan fingerprint density at radius 1 is 1.09 bits per heavy atom. The number of hydrogen-bond acceptors (Lipinski definition) is 7. The first kappa shape index (κ1) is 23.2. The lowest BCUT2D eigenvalue weighted by molar-refractivity contribution is 0.0724. The minimum atomic E-state index is -3.41. The Labute approximate surface area is 196 Å². The topological polar surface area (TPSA) is 119 Å². The average Bonchev–Trinajstić information content (AvgIpc) is 2.80. The number of fused-ring (bicyclic) bond motifs is 1. The van der Waals surface area contributed by atoms with Crippen LogP contribution in [0.1, 0.15) is 27.3 Å². The van der Waals surface area contributed by atoms with E-state index in [4.69, 9.17) is 5.73 Å². The molecule has 1 aromatic carbocycles. The Balaban J connectivity index is 1.69. The highest BCUT2D eigenvalue weighted by molar-refractivity contribution is 7.90. The van der Waals surface area contributed by atoms with E-state index < -0.39 is 15.7 Å². The molecule has 10 heteroatoms.